The molecule has 0 saturated carbocycles. The average Bonchev–Trinajstić information content (AvgIpc) is 2.24. The normalized spacial score (nSPS) is 13.2. The van der Waals surface area contributed by atoms with Gasteiger partial charge in [-0.2, -0.15) is 0 Å². The lowest BCUT2D eigenvalue weighted by Gasteiger charge is -2.25. The molecule has 0 aromatic carbocycles. The first kappa shape index (κ1) is 16.2. The van der Waals surface area contributed by atoms with Gasteiger partial charge in [0.2, 0.25) is 0 Å². The molecule has 1 rings (SSSR count). The number of pyridine rings is 1. The second kappa shape index (κ2) is 6.55. The van der Waals surface area contributed by atoms with Crippen molar-refractivity contribution in [2.24, 2.45) is 5.41 Å². The molecule has 106 valence electrons. The van der Waals surface area contributed by atoms with E-state index in [-0.39, 0.29) is 34.3 Å². The van der Waals surface area contributed by atoms with Crippen molar-refractivity contribution in [2.75, 3.05) is 6.61 Å². The number of aliphatic hydroxyl groups is 1. The fourth-order valence-electron chi connectivity index (χ4n) is 1.77. The van der Waals surface area contributed by atoms with Gasteiger partial charge in [-0.05, 0) is 24.0 Å². The minimum absolute atomic E-state index is 0.00815. The second-order valence-corrected chi connectivity index (χ2v) is 6.39. The summed E-state index contributed by atoms with van der Waals surface area (Å²) in [5, 5.41) is 12.4. The number of rotatable bonds is 4. The van der Waals surface area contributed by atoms with Gasteiger partial charge in [-0.1, -0.05) is 44.0 Å². The fourth-order valence-corrected chi connectivity index (χ4v) is 2.23. The van der Waals surface area contributed by atoms with E-state index in [1.807, 2.05) is 20.8 Å². The summed E-state index contributed by atoms with van der Waals surface area (Å²) in [6.45, 7) is 6.02. The standard InChI is InChI=1S/C13H18Cl2N2O2/c1-13(2,3)6-9(7-18)16-12(19)8-4-10(14)17-11(15)5-8/h4-5,9,18H,6-7H2,1-3H3,(H,16,19). The molecule has 1 unspecified atom stereocenters. The molecule has 0 spiro atoms. The van der Waals surface area contributed by atoms with E-state index in [1.165, 1.54) is 12.1 Å². The predicted molar refractivity (Wildman–Crippen MR) is 76.7 cm³/mol. The van der Waals surface area contributed by atoms with E-state index in [4.69, 9.17) is 23.2 Å². The molecule has 4 nitrogen and oxygen atoms in total. The van der Waals surface area contributed by atoms with Crippen LogP contribution in [0.4, 0.5) is 0 Å². The third kappa shape index (κ3) is 5.76. The third-order valence-corrected chi connectivity index (χ3v) is 2.83. The zero-order valence-electron chi connectivity index (χ0n) is 11.2. The maximum atomic E-state index is 12.0. The Bertz CT molecular complexity index is 438. The smallest absolute Gasteiger partial charge is 0.251 e. The van der Waals surface area contributed by atoms with Crippen LogP contribution in [0.15, 0.2) is 12.1 Å². The second-order valence-electron chi connectivity index (χ2n) is 5.62. The number of amides is 1. The van der Waals surface area contributed by atoms with Crippen molar-refractivity contribution in [3.8, 4) is 0 Å². The van der Waals surface area contributed by atoms with Crippen LogP contribution in [-0.2, 0) is 0 Å². The molecule has 1 amide bonds. The van der Waals surface area contributed by atoms with Crippen LogP contribution < -0.4 is 5.32 Å². The summed E-state index contributed by atoms with van der Waals surface area (Å²) < 4.78 is 0. The van der Waals surface area contributed by atoms with Crippen LogP contribution in [0.25, 0.3) is 0 Å². The van der Waals surface area contributed by atoms with Crippen molar-refractivity contribution in [3.63, 3.8) is 0 Å². The average molecular weight is 305 g/mol. The van der Waals surface area contributed by atoms with Gasteiger partial charge in [-0.15, -0.1) is 0 Å². The van der Waals surface area contributed by atoms with E-state index in [1.54, 1.807) is 0 Å². The molecule has 0 bridgehead atoms. The minimum Gasteiger partial charge on any atom is -0.394 e. The van der Waals surface area contributed by atoms with E-state index in [9.17, 15) is 9.90 Å². The molecule has 0 aliphatic heterocycles. The first-order valence-electron chi connectivity index (χ1n) is 5.96. The molecule has 2 N–H and O–H groups in total. The fraction of sp³-hybridized carbons (Fsp3) is 0.538. The Kier molecular flexibility index (Phi) is 5.59. The van der Waals surface area contributed by atoms with Gasteiger partial charge in [0.25, 0.3) is 5.91 Å². The number of carbonyl (C=O) groups excluding carboxylic acids is 1. The number of halogens is 2. The van der Waals surface area contributed by atoms with Crippen molar-refractivity contribution in [2.45, 2.75) is 33.2 Å². The largest absolute Gasteiger partial charge is 0.394 e. The van der Waals surface area contributed by atoms with E-state index in [2.05, 4.69) is 10.3 Å². The van der Waals surface area contributed by atoms with E-state index >= 15 is 0 Å². The van der Waals surface area contributed by atoms with Crippen molar-refractivity contribution >= 4 is 29.1 Å². The van der Waals surface area contributed by atoms with Crippen LogP contribution in [0.5, 0.6) is 0 Å². The number of carbonyl (C=O) groups is 1. The van der Waals surface area contributed by atoms with Crippen LogP contribution in [-0.4, -0.2) is 28.6 Å². The molecule has 0 aliphatic rings. The lowest BCUT2D eigenvalue weighted by atomic mass is 9.88. The lowest BCUT2D eigenvalue weighted by Crippen LogP contribution is -2.40. The molecule has 0 aliphatic carbocycles. The Morgan fingerprint density at radius 1 is 1.37 bits per heavy atom. The summed E-state index contributed by atoms with van der Waals surface area (Å²) in [7, 11) is 0. The van der Waals surface area contributed by atoms with Crippen molar-refractivity contribution < 1.29 is 9.90 Å². The molecule has 6 heteroatoms. The van der Waals surface area contributed by atoms with E-state index in [0.717, 1.165) is 0 Å². The first-order valence-corrected chi connectivity index (χ1v) is 6.71. The van der Waals surface area contributed by atoms with Gasteiger partial charge in [-0.25, -0.2) is 4.98 Å². The Morgan fingerprint density at radius 2 is 1.89 bits per heavy atom. The van der Waals surface area contributed by atoms with Crippen LogP contribution in [0.2, 0.25) is 10.3 Å². The minimum atomic E-state index is -0.325. The highest BCUT2D eigenvalue weighted by molar-refractivity contribution is 6.33. The van der Waals surface area contributed by atoms with Crippen LogP contribution in [0, 0.1) is 5.41 Å². The van der Waals surface area contributed by atoms with Crippen molar-refractivity contribution in [3.05, 3.63) is 28.0 Å². The summed E-state index contributed by atoms with van der Waals surface area (Å²) in [5.41, 5.74) is 0.339. The summed E-state index contributed by atoms with van der Waals surface area (Å²) in [6.07, 6.45) is 0.668. The molecule has 1 aromatic heterocycles. The quantitative estimate of drug-likeness (QED) is 0.841. The Balaban J connectivity index is 2.77. The van der Waals surface area contributed by atoms with Crippen LogP contribution in [0.3, 0.4) is 0 Å². The predicted octanol–water partition coefficient (Wildman–Crippen LogP) is 2.92. The third-order valence-electron chi connectivity index (χ3n) is 2.44. The summed E-state index contributed by atoms with van der Waals surface area (Å²) in [6, 6.07) is 2.57. The van der Waals surface area contributed by atoms with Crippen LogP contribution >= 0.6 is 23.2 Å². The molecule has 1 heterocycles. The van der Waals surface area contributed by atoms with Gasteiger partial charge in [0.15, 0.2) is 0 Å². The van der Waals surface area contributed by atoms with Crippen molar-refractivity contribution in [1.29, 1.82) is 0 Å². The highest BCUT2D eigenvalue weighted by atomic mass is 35.5. The molecular weight excluding hydrogens is 287 g/mol. The van der Waals surface area contributed by atoms with E-state index in [0.29, 0.717) is 12.0 Å². The monoisotopic (exact) mass is 304 g/mol. The summed E-state index contributed by atoms with van der Waals surface area (Å²) >= 11 is 11.5. The van der Waals surface area contributed by atoms with Gasteiger partial charge in [0.05, 0.1) is 12.6 Å². The Hall–Kier alpha value is -0.840. The summed E-state index contributed by atoms with van der Waals surface area (Å²) in [4.78, 5) is 15.8. The molecule has 1 aromatic rings. The lowest BCUT2D eigenvalue weighted by molar-refractivity contribution is 0.0897. The number of nitrogens with one attached hydrogen (secondary N) is 1. The van der Waals surface area contributed by atoms with E-state index < -0.39 is 0 Å². The van der Waals surface area contributed by atoms with Gasteiger partial charge >= 0.3 is 0 Å². The molecular formula is C13H18Cl2N2O2. The number of aliphatic hydroxyl groups excluding tert-OH is 1. The van der Waals surface area contributed by atoms with Gasteiger partial charge in [-0.3, -0.25) is 4.79 Å². The highest BCUT2D eigenvalue weighted by Gasteiger charge is 2.20. The van der Waals surface area contributed by atoms with Gasteiger partial charge in [0.1, 0.15) is 10.3 Å². The zero-order chi connectivity index (χ0) is 14.6. The Labute approximate surface area is 123 Å². The molecule has 19 heavy (non-hydrogen) atoms. The zero-order valence-corrected chi connectivity index (χ0v) is 12.7. The highest BCUT2D eigenvalue weighted by Crippen LogP contribution is 2.21. The van der Waals surface area contributed by atoms with Crippen molar-refractivity contribution in [1.82, 2.24) is 10.3 Å². The number of hydrogen-bond donors (Lipinski definition) is 2. The topological polar surface area (TPSA) is 62.2 Å². The summed E-state index contributed by atoms with van der Waals surface area (Å²) in [5.74, 6) is -0.325. The van der Waals surface area contributed by atoms with Gasteiger partial charge < -0.3 is 10.4 Å². The Morgan fingerprint density at radius 3 is 2.32 bits per heavy atom. The maximum absolute atomic E-state index is 12.0. The maximum Gasteiger partial charge on any atom is 0.251 e. The first-order chi connectivity index (χ1) is 8.71. The number of aromatic nitrogens is 1. The SMILES string of the molecule is CC(C)(C)CC(CO)NC(=O)c1cc(Cl)nc(Cl)c1. The number of nitrogens with zero attached hydrogens (tertiary/aromatic N) is 1. The number of hydrogen-bond acceptors (Lipinski definition) is 3. The molecule has 1 atom stereocenters. The molecule has 0 saturated heterocycles. The molecule has 0 fully saturated rings. The van der Waals surface area contributed by atoms with Gasteiger partial charge in [0, 0.05) is 5.56 Å². The molecule has 0 radical (unpaired) electrons. The van der Waals surface area contributed by atoms with Crippen LogP contribution in [0.1, 0.15) is 37.6 Å².